The number of halogens is 4. The molecule has 2 aromatic carbocycles. The van der Waals surface area contributed by atoms with Crippen molar-refractivity contribution in [1.29, 1.82) is 0 Å². The number of ether oxygens (including phenoxy) is 1. The molecule has 0 aliphatic carbocycles. The minimum Gasteiger partial charge on any atom is -0.462 e. The molecule has 11 heteroatoms. The highest BCUT2D eigenvalue weighted by Gasteiger charge is 2.35. The average Bonchev–Trinajstić information content (AvgIpc) is 3.44. The second-order valence-electron chi connectivity index (χ2n) is 7.65. The van der Waals surface area contributed by atoms with Gasteiger partial charge in [-0.2, -0.15) is 18.3 Å². The van der Waals surface area contributed by atoms with Gasteiger partial charge in [0.05, 0.1) is 28.6 Å². The molecule has 4 rings (SSSR count). The van der Waals surface area contributed by atoms with Crippen LogP contribution in [0.2, 0.25) is 5.02 Å². The molecule has 1 N–H and O–H groups in total. The predicted molar refractivity (Wildman–Crippen MR) is 132 cm³/mol. The van der Waals surface area contributed by atoms with Gasteiger partial charge in [-0.05, 0) is 55.1 Å². The third-order valence-corrected chi connectivity index (χ3v) is 6.54. The van der Waals surface area contributed by atoms with Crippen molar-refractivity contribution in [1.82, 2.24) is 9.78 Å². The zero-order valence-electron chi connectivity index (χ0n) is 19.0. The van der Waals surface area contributed by atoms with Crippen LogP contribution in [-0.4, -0.2) is 28.3 Å². The molecule has 0 bridgehead atoms. The van der Waals surface area contributed by atoms with E-state index in [0.717, 1.165) is 10.7 Å². The van der Waals surface area contributed by atoms with Crippen LogP contribution >= 0.6 is 22.9 Å². The van der Waals surface area contributed by atoms with Gasteiger partial charge < -0.3 is 10.1 Å². The first-order chi connectivity index (χ1) is 17.1. The van der Waals surface area contributed by atoms with Crippen molar-refractivity contribution in [3.8, 4) is 16.9 Å². The number of para-hydroxylation sites is 1. The van der Waals surface area contributed by atoms with Gasteiger partial charge in [0.25, 0.3) is 5.91 Å². The smallest absolute Gasteiger partial charge is 0.435 e. The zero-order chi connectivity index (χ0) is 26.0. The Bertz CT molecular complexity index is 1430. The summed E-state index contributed by atoms with van der Waals surface area (Å²) in [4.78, 5) is 25.1. The first-order valence-corrected chi connectivity index (χ1v) is 11.9. The van der Waals surface area contributed by atoms with Gasteiger partial charge in [0.2, 0.25) is 0 Å². The molecule has 0 atom stereocenters. The lowest BCUT2D eigenvalue weighted by atomic mass is 10.1. The van der Waals surface area contributed by atoms with E-state index in [0.29, 0.717) is 16.1 Å². The number of alkyl halides is 3. The molecular weight excluding hydrogens is 515 g/mol. The summed E-state index contributed by atoms with van der Waals surface area (Å²) in [6, 6.07) is 13.3. The number of anilines is 1. The molecule has 2 aromatic heterocycles. The lowest BCUT2D eigenvalue weighted by Gasteiger charge is -2.10. The first kappa shape index (κ1) is 25.5. The number of carbonyl (C=O) groups is 2. The van der Waals surface area contributed by atoms with E-state index in [1.54, 1.807) is 43.5 Å². The molecule has 0 aliphatic heterocycles. The lowest BCUT2D eigenvalue weighted by Crippen LogP contribution is -2.14. The van der Waals surface area contributed by atoms with E-state index in [9.17, 15) is 22.8 Å². The molecule has 186 valence electrons. The van der Waals surface area contributed by atoms with E-state index in [1.165, 1.54) is 35.6 Å². The van der Waals surface area contributed by atoms with Crippen LogP contribution in [0.25, 0.3) is 16.9 Å². The number of benzene rings is 2. The van der Waals surface area contributed by atoms with Gasteiger partial charge in [0.1, 0.15) is 5.00 Å². The van der Waals surface area contributed by atoms with Crippen LogP contribution in [0.3, 0.4) is 0 Å². The van der Waals surface area contributed by atoms with Gasteiger partial charge >= 0.3 is 12.1 Å². The summed E-state index contributed by atoms with van der Waals surface area (Å²) < 4.78 is 46.5. The maximum atomic E-state index is 13.4. The maximum absolute atomic E-state index is 13.4. The lowest BCUT2D eigenvalue weighted by molar-refractivity contribution is -0.141. The minimum atomic E-state index is -4.66. The van der Waals surface area contributed by atoms with E-state index >= 15 is 0 Å². The fourth-order valence-corrected chi connectivity index (χ4v) is 4.64. The Labute approximate surface area is 213 Å². The molecule has 1 amide bonds. The summed E-state index contributed by atoms with van der Waals surface area (Å²) in [5.41, 5.74) is 0.978. The Morgan fingerprint density at radius 2 is 1.83 bits per heavy atom. The van der Waals surface area contributed by atoms with Gasteiger partial charge in [0, 0.05) is 11.1 Å². The predicted octanol–water partition coefficient (Wildman–Crippen LogP) is 7.01. The molecular formula is C25H19ClF3N3O3S. The molecule has 0 fully saturated rings. The molecule has 6 nitrogen and oxygen atoms in total. The summed E-state index contributed by atoms with van der Waals surface area (Å²) >= 11 is 7.41. The number of amides is 1. The Morgan fingerprint density at radius 1 is 1.14 bits per heavy atom. The number of carbonyl (C=O) groups excluding carboxylic acids is 2. The summed E-state index contributed by atoms with van der Waals surface area (Å²) in [6.45, 7) is 3.63. The number of aromatic nitrogens is 2. The van der Waals surface area contributed by atoms with Crippen LogP contribution in [-0.2, 0) is 10.9 Å². The normalized spacial score (nSPS) is 11.4. The fourth-order valence-electron chi connectivity index (χ4n) is 3.49. The standard InChI is InChI=1S/C25H19ClF3N3O3S/c1-3-35-24(34)21-14(2)13-36-23(21)30-22(33)16-10-8-15(9-11-16)19-12-20(25(27,28)29)31-32(19)18-7-5-4-6-17(18)26/h4-13H,3H2,1-2H3,(H,30,33). The molecule has 0 unspecified atom stereocenters. The van der Waals surface area contributed by atoms with Gasteiger partial charge in [-0.25, -0.2) is 9.48 Å². The van der Waals surface area contributed by atoms with E-state index < -0.39 is 23.7 Å². The van der Waals surface area contributed by atoms with Crippen LogP contribution in [0.1, 0.15) is 38.9 Å². The van der Waals surface area contributed by atoms with Crippen LogP contribution in [0.5, 0.6) is 0 Å². The molecule has 0 saturated carbocycles. The minimum absolute atomic E-state index is 0.154. The second kappa shape index (κ2) is 10.2. The average molecular weight is 534 g/mol. The van der Waals surface area contributed by atoms with E-state index in [1.807, 2.05) is 0 Å². The van der Waals surface area contributed by atoms with Crippen molar-refractivity contribution < 1.29 is 27.5 Å². The molecule has 2 heterocycles. The van der Waals surface area contributed by atoms with Crippen LogP contribution < -0.4 is 5.32 Å². The van der Waals surface area contributed by atoms with Gasteiger partial charge in [-0.3, -0.25) is 4.79 Å². The third-order valence-electron chi connectivity index (χ3n) is 5.20. The van der Waals surface area contributed by atoms with Crippen molar-refractivity contribution in [3.63, 3.8) is 0 Å². The molecule has 0 spiro atoms. The molecule has 36 heavy (non-hydrogen) atoms. The van der Waals surface area contributed by atoms with Crippen LogP contribution in [0.4, 0.5) is 18.2 Å². The summed E-state index contributed by atoms with van der Waals surface area (Å²) in [7, 11) is 0. The van der Waals surface area contributed by atoms with Crippen molar-refractivity contribution >= 4 is 39.8 Å². The summed E-state index contributed by atoms with van der Waals surface area (Å²) in [5.74, 6) is -1.01. The Balaban J connectivity index is 1.65. The monoisotopic (exact) mass is 533 g/mol. The Hall–Kier alpha value is -3.63. The van der Waals surface area contributed by atoms with E-state index in [4.69, 9.17) is 16.3 Å². The summed E-state index contributed by atoms with van der Waals surface area (Å²) in [5, 5.41) is 8.76. The van der Waals surface area contributed by atoms with Crippen molar-refractivity contribution in [3.05, 3.63) is 87.4 Å². The van der Waals surface area contributed by atoms with Crippen molar-refractivity contribution in [2.24, 2.45) is 0 Å². The number of hydrogen-bond acceptors (Lipinski definition) is 5. The molecule has 0 saturated heterocycles. The largest absolute Gasteiger partial charge is 0.462 e. The van der Waals surface area contributed by atoms with Gasteiger partial charge in [0.15, 0.2) is 5.69 Å². The fraction of sp³-hybridized carbons (Fsp3) is 0.160. The summed E-state index contributed by atoms with van der Waals surface area (Å²) in [6.07, 6.45) is -4.66. The van der Waals surface area contributed by atoms with Gasteiger partial charge in [-0.1, -0.05) is 35.9 Å². The van der Waals surface area contributed by atoms with E-state index in [-0.39, 0.29) is 34.1 Å². The molecule has 0 radical (unpaired) electrons. The number of aryl methyl sites for hydroxylation is 1. The highest BCUT2D eigenvalue weighted by molar-refractivity contribution is 7.15. The van der Waals surface area contributed by atoms with Crippen molar-refractivity contribution in [2.75, 3.05) is 11.9 Å². The maximum Gasteiger partial charge on any atom is 0.435 e. The number of thiophene rings is 1. The number of nitrogens with zero attached hydrogens (tertiary/aromatic N) is 2. The van der Waals surface area contributed by atoms with Crippen molar-refractivity contribution in [2.45, 2.75) is 20.0 Å². The number of hydrogen-bond donors (Lipinski definition) is 1. The molecule has 0 aliphatic rings. The number of nitrogens with one attached hydrogen (secondary N) is 1. The highest BCUT2D eigenvalue weighted by Crippen LogP contribution is 2.35. The Morgan fingerprint density at radius 3 is 2.47 bits per heavy atom. The first-order valence-electron chi connectivity index (χ1n) is 10.7. The SMILES string of the molecule is CCOC(=O)c1c(C)csc1NC(=O)c1ccc(-c2cc(C(F)(F)F)nn2-c2ccccc2Cl)cc1. The quantitative estimate of drug-likeness (QED) is 0.271. The Kier molecular flexibility index (Phi) is 7.18. The third kappa shape index (κ3) is 5.14. The van der Waals surface area contributed by atoms with Crippen LogP contribution in [0, 0.1) is 6.92 Å². The topological polar surface area (TPSA) is 73.2 Å². The van der Waals surface area contributed by atoms with E-state index in [2.05, 4.69) is 10.4 Å². The second-order valence-corrected chi connectivity index (χ2v) is 8.94. The number of rotatable bonds is 6. The number of esters is 1. The highest BCUT2D eigenvalue weighted by atomic mass is 35.5. The zero-order valence-corrected chi connectivity index (χ0v) is 20.6. The van der Waals surface area contributed by atoms with Crippen LogP contribution in [0.15, 0.2) is 60.0 Å². The van der Waals surface area contributed by atoms with Gasteiger partial charge in [-0.15, -0.1) is 11.3 Å². The molecule has 4 aromatic rings.